The highest BCUT2D eigenvalue weighted by atomic mass is 16.2. The van der Waals surface area contributed by atoms with Crippen LogP contribution in [0.1, 0.15) is 18.1 Å². The first-order valence-electron chi connectivity index (χ1n) is 9.48. The molecule has 0 aliphatic heterocycles. The third-order valence-electron chi connectivity index (χ3n) is 4.47. The standard InChI is InChI=1S/C23H24N4O2/c1-3-19-9-7-8-12-21(19)25-22(28)17-26(2)23(29)14-13-18-15-24-27(16-18)20-10-5-4-6-11-20/h4-16H,3,17H2,1-2H3,(H,25,28)/b14-13+. The van der Waals surface area contributed by atoms with E-state index in [4.69, 9.17) is 0 Å². The van der Waals surface area contributed by atoms with Gasteiger partial charge < -0.3 is 10.2 Å². The number of aryl methyl sites for hydroxylation is 1. The smallest absolute Gasteiger partial charge is 0.246 e. The molecule has 0 fully saturated rings. The van der Waals surface area contributed by atoms with Crippen molar-refractivity contribution in [2.24, 2.45) is 0 Å². The Morgan fingerprint density at radius 2 is 1.83 bits per heavy atom. The minimum atomic E-state index is -0.253. The van der Waals surface area contributed by atoms with Crippen LogP contribution in [-0.2, 0) is 16.0 Å². The van der Waals surface area contributed by atoms with E-state index in [0.29, 0.717) is 0 Å². The third-order valence-corrected chi connectivity index (χ3v) is 4.47. The number of hydrogen-bond acceptors (Lipinski definition) is 3. The number of carbonyl (C=O) groups excluding carboxylic acids is 2. The van der Waals surface area contributed by atoms with Crippen LogP contribution < -0.4 is 5.32 Å². The predicted molar refractivity (Wildman–Crippen MR) is 115 cm³/mol. The molecule has 0 saturated carbocycles. The minimum absolute atomic E-state index is 0.0233. The highest BCUT2D eigenvalue weighted by Gasteiger charge is 2.12. The summed E-state index contributed by atoms with van der Waals surface area (Å²) < 4.78 is 1.74. The van der Waals surface area contributed by atoms with Crippen molar-refractivity contribution < 1.29 is 9.59 Å². The Bertz CT molecular complexity index is 1010. The van der Waals surface area contributed by atoms with E-state index in [1.54, 1.807) is 24.0 Å². The number of nitrogens with zero attached hydrogens (tertiary/aromatic N) is 3. The number of nitrogens with one attached hydrogen (secondary N) is 1. The lowest BCUT2D eigenvalue weighted by Gasteiger charge is -2.16. The van der Waals surface area contributed by atoms with Gasteiger partial charge in [-0.2, -0.15) is 5.10 Å². The van der Waals surface area contributed by atoms with Crippen molar-refractivity contribution in [3.8, 4) is 5.69 Å². The van der Waals surface area contributed by atoms with E-state index in [2.05, 4.69) is 10.4 Å². The molecule has 0 radical (unpaired) electrons. The normalized spacial score (nSPS) is 10.8. The predicted octanol–water partition coefficient (Wildman–Crippen LogP) is 3.55. The largest absolute Gasteiger partial charge is 0.333 e. The number of likely N-dealkylation sites (N-methyl/N-ethyl adjacent to an activating group) is 1. The van der Waals surface area contributed by atoms with Crippen LogP contribution in [0.3, 0.4) is 0 Å². The Balaban J connectivity index is 1.56. The van der Waals surface area contributed by atoms with Crippen LogP contribution in [0.5, 0.6) is 0 Å². The third kappa shape index (κ3) is 5.42. The molecule has 0 atom stereocenters. The highest BCUT2D eigenvalue weighted by molar-refractivity contribution is 5.98. The number of hydrogen-bond donors (Lipinski definition) is 1. The van der Waals surface area contributed by atoms with E-state index in [1.165, 1.54) is 11.0 Å². The van der Waals surface area contributed by atoms with E-state index in [9.17, 15) is 9.59 Å². The molecule has 6 heteroatoms. The lowest BCUT2D eigenvalue weighted by molar-refractivity contribution is -0.129. The SMILES string of the molecule is CCc1ccccc1NC(=O)CN(C)C(=O)/C=C/c1cnn(-c2ccccc2)c1. The van der Waals surface area contributed by atoms with E-state index in [-0.39, 0.29) is 18.4 Å². The second-order valence-electron chi connectivity index (χ2n) is 6.64. The van der Waals surface area contributed by atoms with Gasteiger partial charge in [0.05, 0.1) is 18.4 Å². The molecule has 148 valence electrons. The summed E-state index contributed by atoms with van der Waals surface area (Å²) in [5.74, 6) is -0.483. The molecule has 2 aromatic carbocycles. The fraction of sp³-hybridized carbons (Fsp3) is 0.174. The van der Waals surface area contributed by atoms with Gasteiger partial charge in [-0.25, -0.2) is 4.68 Å². The summed E-state index contributed by atoms with van der Waals surface area (Å²) in [6.45, 7) is 2.01. The Morgan fingerprint density at radius 1 is 1.10 bits per heavy atom. The molecule has 0 unspecified atom stereocenters. The molecule has 0 spiro atoms. The molecule has 2 amide bonds. The van der Waals surface area contributed by atoms with Crippen molar-refractivity contribution in [3.63, 3.8) is 0 Å². The maximum atomic E-state index is 12.3. The van der Waals surface area contributed by atoms with Gasteiger partial charge in [0.25, 0.3) is 0 Å². The van der Waals surface area contributed by atoms with Crippen LogP contribution >= 0.6 is 0 Å². The summed E-state index contributed by atoms with van der Waals surface area (Å²) >= 11 is 0. The molecule has 0 saturated heterocycles. The molecule has 3 aromatic rings. The van der Waals surface area contributed by atoms with Crippen molar-refractivity contribution in [1.82, 2.24) is 14.7 Å². The van der Waals surface area contributed by atoms with Crippen LogP contribution in [0.4, 0.5) is 5.69 Å². The molecular weight excluding hydrogens is 364 g/mol. The molecule has 1 aromatic heterocycles. The highest BCUT2D eigenvalue weighted by Crippen LogP contribution is 2.15. The molecule has 1 heterocycles. The molecule has 0 bridgehead atoms. The molecule has 0 aliphatic rings. The van der Waals surface area contributed by atoms with Gasteiger partial charge in [-0.05, 0) is 36.3 Å². The molecule has 29 heavy (non-hydrogen) atoms. The Kier molecular flexibility index (Phi) is 6.58. The van der Waals surface area contributed by atoms with Crippen LogP contribution in [0.2, 0.25) is 0 Å². The summed E-state index contributed by atoms with van der Waals surface area (Å²) in [6, 6.07) is 17.4. The molecule has 6 nitrogen and oxygen atoms in total. The fourth-order valence-corrected chi connectivity index (χ4v) is 2.87. The second kappa shape index (κ2) is 9.50. The zero-order valence-corrected chi connectivity index (χ0v) is 16.6. The molecule has 0 aliphatic carbocycles. The summed E-state index contributed by atoms with van der Waals surface area (Å²) in [4.78, 5) is 26.0. The van der Waals surface area contributed by atoms with Crippen LogP contribution in [0, 0.1) is 0 Å². The lowest BCUT2D eigenvalue weighted by atomic mass is 10.1. The number of amides is 2. The number of benzene rings is 2. The average molecular weight is 388 g/mol. The summed E-state index contributed by atoms with van der Waals surface area (Å²) in [7, 11) is 1.60. The number of carbonyl (C=O) groups is 2. The van der Waals surface area contributed by atoms with Gasteiger partial charge in [-0.1, -0.05) is 43.3 Å². The van der Waals surface area contributed by atoms with Gasteiger partial charge in [0.2, 0.25) is 11.8 Å². The molecular formula is C23H24N4O2. The minimum Gasteiger partial charge on any atom is -0.333 e. The first-order valence-corrected chi connectivity index (χ1v) is 9.48. The quantitative estimate of drug-likeness (QED) is 0.630. The lowest BCUT2D eigenvalue weighted by Crippen LogP contribution is -2.34. The maximum Gasteiger partial charge on any atom is 0.246 e. The van der Waals surface area contributed by atoms with Crippen LogP contribution in [0.25, 0.3) is 11.8 Å². The van der Waals surface area contributed by atoms with E-state index in [0.717, 1.165) is 28.9 Å². The van der Waals surface area contributed by atoms with Crippen molar-refractivity contribution >= 4 is 23.6 Å². The van der Waals surface area contributed by atoms with Crippen molar-refractivity contribution in [3.05, 3.63) is 84.2 Å². The van der Waals surface area contributed by atoms with Crippen molar-refractivity contribution in [2.75, 3.05) is 18.9 Å². The Hall–Kier alpha value is -3.67. The monoisotopic (exact) mass is 388 g/mol. The van der Waals surface area contributed by atoms with Gasteiger partial charge >= 0.3 is 0 Å². The van der Waals surface area contributed by atoms with Crippen LogP contribution in [0.15, 0.2) is 73.1 Å². The second-order valence-corrected chi connectivity index (χ2v) is 6.64. The first kappa shape index (κ1) is 20.1. The zero-order valence-electron chi connectivity index (χ0n) is 16.6. The van der Waals surface area contributed by atoms with Gasteiger partial charge in [-0.15, -0.1) is 0 Å². The van der Waals surface area contributed by atoms with Gasteiger partial charge in [-0.3, -0.25) is 9.59 Å². The van der Waals surface area contributed by atoms with Gasteiger partial charge in [0.15, 0.2) is 0 Å². The summed E-state index contributed by atoms with van der Waals surface area (Å²) in [5.41, 5.74) is 3.59. The van der Waals surface area contributed by atoms with E-state index in [1.807, 2.05) is 67.7 Å². The maximum absolute atomic E-state index is 12.3. The van der Waals surface area contributed by atoms with Crippen molar-refractivity contribution in [2.45, 2.75) is 13.3 Å². The molecule has 1 N–H and O–H groups in total. The first-order chi connectivity index (χ1) is 14.1. The zero-order chi connectivity index (χ0) is 20.6. The number of rotatable bonds is 7. The summed E-state index contributed by atoms with van der Waals surface area (Å²) in [6.07, 6.45) is 7.48. The number of aromatic nitrogens is 2. The van der Waals surface area contributed by atoms with Gasteiger partial charge in [0, 0.05) is 30.6 Å². The Labute approximate surface area is 170 Å². The number of anilines is 1. The van der Waals surface area contributed by atoms with Gasteiger partial charge in [0.1, 0.15) is 0 Å². The van der Waals surface area contributed by atoms with Crippen molar-refractivity contribution in [1.29, 1.82) is 0 Å². The molecule has 3 rings (SSSR count). The Morgan fingerprint density at radius 3 is 2.59 bits per heavy atom. The fourth-order valence-electron chi connectivity index (χ4n) is 2.87. The van der Waals surface area contributed by atoms with E-state index < -0.39 is 0 Å². The topological polar surface area (TPSA) is 67.2 Å². The number of para-hydroxylation sites is 2. The average Bonchev–Trinajstić information content (AvgIpc) is 3.22. The van der Waals surface area contributed by atoms with E-state index >= 15 is 0 Å². The van der Waals surface area contributed by atoms with Crippen LogP contribution in [-0.4, -0.2) is 40.1 Å². The summed E-state index contributed by atoms with van der Waals surface area (Å²) in [5, 5.41) is 7.17.